The maximum Gasteiger partial charge on any atom is 0.319 e. The lowest BCUT2D eigenvalue weighted by Crippen LogP contribution is -2.40. The van der Waals surface area contributed by atoms with Crippen molar-refractivity contribution >= 4 is 45.2 Å². The summed E-state index contributed by atoms with van der Waals surface area (Å²) in [5, 5.41) is 8.16. The van der Waals surface area contributed by atoms with Crippen molar-refractivity contribution in [2.24, 2.45) is 5.92 Å². The van der Waals surface area contributed by atoms with Gasteiger partial charge in [0.05, 0.1) is 17.3 Å². The summed E-state index contributed by atoms with van der Waals surface area (Å²) in [6.45, 7) is 4.50. The van der Waals surface area contributed by atoms with Crippen molar-refractivity contribution in [1.29, 1.82) is 0 Å². The minimum absolute atomic E-state index is 0.0767. The van der Waals surface area contributed by atoms with Gasteiger partial charge in [-0.25, -0.2) is 4.79 Å². The highest BCUT2D eigenvalue weighted by atomic mass is 79.9. The van der Waals surface area contributed by atoms with Crippen molar-refractivity contribution in [3.8, 4) is 0 Å². The molecule has 7 heteroatoms. The molecule has 0 aliphatic heterocycles. The Balaban J connectivity index is 2.38. The molecule has 5 nitrogen and oxygen atoms in total. The van der Waals surface area contributed by atoms with Gasteiger partial charge in [0.2, 0.25) is 5.91 Å². The Hall–Kier alpha value is -1.27. The van der Waals surface area contributed by atoms with E-state index < -0.39 is 6.03 Å². The van der Waals surface area contributed by atoms with Crippen LogP contribution < -0.4 is 16.0 Å². The number of nitrogens with one attached hydrogen (secondary N) is 3. The van der Waals surface area contributed by atoms with Gasteiger partial charge in [0.15, 0.2) is 0 Å². The highest BCUT2D eigenvalue weighted by Crippen LogP contribution is 2.25. The number of anilines is 1. The predicted octanol–water partition coefficient (Wildman–Crippen LogP) is 3.00. The molecule has 1 aromatic carbocycles. The molecule has 0 heterocycles. The third-order valence-corrected chi connectivity index (χ3v) is 3.10. The maximum absolute atomic E-state index is 11.6. The Bertz CT molecular complexity index is 495. The van der Waals surface area contributed by atoms with Crippen LogP contribution >= 0.6 is 27.5 Å². The van der Waals surface area contributed by atoms with E-state index in [1.54, 1.807) is 18.2 Å². The fourth-order valence-corrected chi connectivity index (χ4v) is 2.02. The molecule has 0 saturated carbocycles. The quantitative estimate of drug-likeness (QED) is 0.753. The molecule has 3 N–H and O–H groups in total. The molecule has 0 saturated heterocycles. The Labute approximate surface area is 131 Å². The summed E-state index contributed by atoms with van der Waals surface area (Å²) in [6, 6.07) is 4.63. The molecule has 0 aliphatic rings. The zero-order chi connectivity index (χ0) is 15.1. The zero-order valence-electron chi connectivity index (χ0n) is 11.3. The molecular formula is C13H17BrClN3O2. The van der Waals surface area contributed by atoms with Gasteiger partial charge >= 0.3 is 6.03 Å². The molecule has 0 aliphatic carbocycles. The normalized spacial score (nSPS) is 10.2. The van der Waals surface area contributed by atoms with Crippen molar-refractivity contribution in [2.45, 2.75) is 13.8 Å². The van der Waals surface area contributed by atoms with Gasteiger partial charge in [-0.2, -0.15) is 0 Å². The van der Waals surface area contributed by atoms with Gasteiger partial charge in [0.1, 0.15) is 0 Å². The molecule has 1 aromatic rings. The van der Waals surface area contributed by atoms with E-state index in [1.807, 2.05) is 13.8 Å². The molecule has 0 unspecified atom stereocenters. The van der Waals surface area contributed by atoms with Crippen molar-refractivity contribution in [2.75, 3.05) is 18.4 Å². The van der Waals surface area contributed by atoms with Crippen LogP contribution in [-0.4, -0.2) is 25.0 Å². The van der Waals surface area contributed by atoms with Gasteiger partial charge in [-0.05, 0) is 24.1 Å². The first-order valence-electron chi connectivity index (χ1n) is 6.15. The number of hydrogen-bond donors (Lipinski definition) is 3. The van der Waals surface area contributed by atoms with Crippen molar-refractivity contribution in [3.63, 3.8) is 0 Å². The van der Waals surface area contributed by atoms with E-state index >= 15 is 0 Å². The van der Waals surface area contributed by atoms with Crippen LogP contribution in [0.15, 0.2) is 22.7 Å². The van der Waals surface area contributed by atoms with Crippen LogP contribution in [-0.2, 0) is 4.79 Å². The minimum atomic E-state index is -0.478. The summed E-state index contributed by atoms with van der Waals surface area (Å²) in [7, 11) is 0. The largest absolute Gasteiger partial charge is 0.354 e. The van der Waals surface area contributed by atoms with E-state index in [0.717, 1.165) is 4.47 Å². The first kappa shape index (κ1) is 16.8. The summed E-state index contributed by atoms with van der Waals surface area (Å²) >= 11 is 9.24. The molecule has 0 fully saturated rings. The third-order valence-electron chi connectivity index (χ3n) is 2.30. The Morgan fingerprint density at radius 1 is 1.30 bits per heavy atom. The molecule has 0 spiro atoms. The number of rotatable bonds is 5. The van der Waals surface area contributed by atoms with Gasteiger partial charge in [0.25, 0.3) is 0 Å². The fourth-order valence-electron chi connectivity index (χ4n) is 1.30. The van der Waals surface area contributed by atoms with Gasteiger partial charge in [0, 0.05) is 11.0 Å². The third kappa shape index (κ3) is 6.25. The zero-order valence-corrected chi connectivity index (χ0v) is 13.6. The lowest BCUT2D eigenvalue weighted by molar-refractivity contribution is -0.120. The molecule has 1 rings (SSSR count). The maximum atomic E-state index is 11.6. The lowest BCUT2D eigenvalue weighted by atomic mass is 10.2. The number of amides is 3. The SMILES string of the molecule is CC(C)CNC(=O)CNC(=O)Nc1ccc(Br)cc1Cl. The van der Waals surface area contributed by atoms with Crippen LogP contribution in [0.1, 0.15) is 13.8 Å². The van der Waals surface area contributed by atoms with Crippen molar-refractivity contribution in [3.05, 3.63) is 27.7 Å². The molecule has 110 valence electrons. The van der Waals surface area contributed by atoms with Crippen LogP contribution in [0.25, 0.3) is 0 Å². The summed E-state index contributed by atoms with van der Waals surface area (Å²) in [5.41, 5.74) is 0.481. The molecule has 3 amide bonds. The molecule has 0 atom stereocenters. The van der Waals surface area contributed by atoms with Crippen LogP contribution in [0.5, 0.6) is 0 Å². The van der Waals surface area contributed by atoms with Gasteiger partial charge < -0.3 is 16.0 Å². The van der Waals surface area contributed by atoms with Gasteiger partial charge in [-0.15, -0.1) is 0 Å². The number of carbonyl (C=O) groups is 2. The predicted molar refractivity (Wildman–Crippen MR) is 84.0 cm³/mol. The summed E-state index contributed by atoms with van der Waals surface area (Å²) in [5.74, 6) is 0.144. The van der Waals surface area contributed by atoms with E-state index in [1.165, 1.54) is 0 Å². The van der Waals surface area contributed by atoms with Crippen LogP contribution in [0.2, 0.25) is 5.02 Å². The topological polar surface area (TPSA) is 70.2 Å². The molecule has 0 bridgehead atoms. The summed E-state index contributed by atoms with van der Waals surface area (Å²) in [6.07, 6.45) is 0. The smallest absolute Gasteiger partial charge is 0.319 e. The van der Waals surface area contributed by atoms with Gasteiger partial charge in [-0.1, -0.05) is 41.4 Å². The first-order valence-corrected chi connectivity index (χ1v) is 7.32. The van der Waals surface area contributed by atoms with Crippen LogP contribution in [0, 0.1) is 5.92 Å². The Kier molecular flexibility index (Phi) is 6.81. The second-order valence-electron chi connectivity index (χ2n) is 4.63. The van der Waals surface area contributed by atoms with E-state index in [9.17, 15) is 9.59 Å². The highest BCUT2D eigenvalue weighted by molar-refractivity contribution is 9.10. The average molecular weight is 363 g/mol. The van der Waals surface area contributed by atoms with Crippen LogP contribution in [0.3, 0.4) is 0 Å². The summed E-state index contributed by atoms with van der Waals surface area (Å²) < 4.78 is 0.821. The number of carbonyl (C=O) groups excluding carboxylic acids is 2. The van der Waals surface area contributed by atoms with Crippen molar-refractivity contribution in [1.82, 2.24) is 10.6 Å². The van der Waals surface area contributed by atoms with E-state index in [-0.39, 0.29) is 12.5 Å². The first-order chi connectivity index (χ1) is 9.38. The molecule has 20 heavy (non-hydrogen) atoms. The van der Waals surface area contributed by atoms with E-state index in [4.69, 9.17) is 11.6 Å². The number of urea groups is 1. The Morgan fingerprint density at radius 2 is 2.00 bits per heavy atom. The molecule has 0 radical (unpaired) electrons. The standard InChI is InChI=1S/C13H17BrClN3O2/c1-8(2)6-16-12(19)7-17-13(20)18-11-4-3-9(14)5-10(11)15/h3-5,8H,6-7H2,1-2H3,(H,16,19)(H2,17,18,20). The fraction of sp³-hybridized carbons (Fsp3) is 0.385. The van der Waals surface area contributed by atoms with E-state index in [2.05, 4.69) is 31.9 Å². The number of halogens is 2. The Morgan fingerprint density at radius 3 is 2.60 bits per heavy atom. The van der Waals surface area contributed by atoms with Gasteiger partial charge in [-0.3, -0.25) is 4.79 Å². The molecular weight excluding hydrogens is 346 g/mol. The minimum Gasteiger partial charge on any atom is -0.354 e. The second-order valence-corrected chi connectivity index (χ2v) is 5.95. The second kappa shape index (κ2) is 8.11. The highest BCUT2D eigenvalue weighted by Gasteiger charge is 2.08. The average Bonchev–Trinajstić information content (AvgIpc) is 2.37. The lowest BCUT2D eigenvalue weighted by Gasteiger charge is -2.10. The number of benzene rings is 1. The summed E-state index contributed by atoms with van der Waals surface area (Å²) in [4.78, 5) is 23.0. The monoisotopic (exact) mass is 361 g/mol. The van der Waals surface area contributed by atoms with E-state index in [0.29, 0.717) is 23.2 Å². The van der Waals surface area contributed by atoms with Crippen molar-refractivity contribution < 1.29 is 9.59 Å². The van der Waals surface area contributed by atoms with Crippen LogP contribution in [0.4, 0.5) is 10.5 Å². The number of hydrogen-bond acceptors (Lipinski definition) is 2. The molecule has 0 aromatic heterocycles.